The summed E-state index contributed by atoms with van der Waals surface area (Å²) in [5.74, 6) is 0.962. The molecule has 2 aliphatic rings. The number of fused-ring (bicyclic) bond motifs is 1. The van der Waals surface area contributed by atoms with E-state index in [1.807, 2.05) is 10.8 Å². The van der Waals surface area contributed by atoms with Gasteiger partial charge in [-0.2, -0.15) is 0 Å². The van der Waals surface area contributed by atoms with Crippen LogP contribution >= 0.6 is 0 Å². The number of pyridine rings is 2. The molecule has 4 aromatic heterocycles. The molecule has 4 N–H and O–H groups in total. The summed E-state index contributed by atoms with van der Waals surface area (Å²) in [6.07, 6.45) is 10.5. The number of imidazole rings is 1. The van der Waals surface area contributed by atoms with Gasteiger partial charge >= 0.3 is 0 Å². The van der Waals surface area contributed by atoms with Crippen LogP contribution in [0.4, 0.5) is 11.5 Å². The van der Waals surface area contributed by atoms with Crippen molar-refractivity contribution in [3.8, 4) is 0 Å². The maximum atomic E-state index is 7.03. The molecule has 4 aromatic rings. The number of aryl methyl sites for hydroxylation is 1. The minimum absolute atomic E-state index is 0.396. The second-order valence-corrected chi connectivity index (χ2v) is 9.86. The smallest absolute Gasteiger partial charge is 0.165 e. The van der Waals surface area contributed by atoms with Gasteiger partial charge in [-0.1, -0.05) is 13.0 Å². The van der Waals surface area contributed by atoms with Crippen LogP contribution in [0, 0.1) is 0 Å². The summed E-state index contributed by atoms with van der Waals surface area (Å²) in [5, 5.41) is 0. The van der Waals surface area contributed by atoms with E-state index in [2.05, 4.69) is 51.0 Å². The van der Waals surface area contributed by atoms with Crippen LogP contribution in [0.25, 0.3) is 11.2 Å². The van der Waals surface area contributed by atoms with E-state index in [0.29, 0.717) is 30.3 Å². The Balaban J connectivity index is 1.36. The van der Waals surface area contributed by atoms with E-state index in [-0.39, 0.29) is 0 Å². The number of rotatable bonds is 6. The molecule has 35 heavy (non-hydrogen) atoms. The van der Waals surface area contributed by atoms with Gasteiger partial charge in [0.25, 0.3) is 0 Å². The lowest BCUT2D eigenvalue weighted by molar-refractivity contribution is 0.344. The minimum atomic E-state index is -0.501. The summed E-state index contributed by atoms with van der Waals surface area (Å²) in [4.78, 5) is 25.1. The maximum Gasteiger partial charge on any atom is 0.165 e. The van der Waals surface area contributed by atoms with Crippen LogP contribution < -0.4 is 16.4 Å². The van der Waals surface area contributed by atoms with Crippen molar-refractivity contribution in [2.75, 3.05) is 23.7 Å². The van der Waals surface area contributed by atoms with E-state index in [9.17, 15) is 0 Å². The Hall–Kier alpha value is -3.59. The number of nitrogen functional groups attached to an aromatic ring is 1. The topological polar surface area (TPSA) is 125 Å². The van der Waals surface area contributed by atoms with Gasteiger partial charge in [0.1, 0.15) is 11.8 Å². The third kappa shape index (κ3) is 4.10. The van der Waals surface area contributed by atoms with Crippen molar-refractivity contribution in [1.82, 2.24) is 29.5 Å². The van der Waals surface area contributed by atoms with Crippen LogP contribution in [-0.4, -0.2) is 42.6 Å². The molecule has 0 unspecified atom stereocenters. The molecule has 180 valence electrons. The lowest BCUT2D eigenvalue weighted by Gasteiger charge is -2.41. The maximum absolute atomic E-state index is 7.03. The zero-order valence-electron chi connectivity index (χ0n) is 20.1. The number of anilines is 2. The SMILES string of the molecule is CCc1cccc([C@@]2(N)CCCN(c3cnc(C4CC4)cc3Cn3cnc4c(N)ncnc43)C2)n1. The summed E-state index contributed by atoms with van der Waals surface area (Å²) in [6.45, 7) is 4.39. The Kier molecular flexibility index (Phi) is 5.36. The first-order valence-electron chi connectivity index (χ1n) is 12.4. The highest BCUT2D eigenvalue weighted by Crippen LogP contribution is 2.41. The molecule has 5 heterocycles. The number of nitrogens with zero attached hydrogens (tertiary/aromatic N) is 7. The monoisotopic (exact) mass is 469 g/mol. The molecule has 0 radical (unpaired) electrons. The highest BCUT2D eigenvalue weighted by molar-refractivity contribution is 5.81. The van der Waals surface area contributed by atoms with Crippen LogP contribution in [0.1, 0.15) is 61.2 Å². The Morgan fingerprint density at radius 1 is 1.14 bits per heavy atom. The Labute approximate surface area is 204 Å². The Morgan fingerprint density at radius 3 is 2.86 bits per heavy atom. The summed E-state index contributed by atoms with van der Waals surface area (Å²) in [6, 6.07) is 8.47. The van der Waals surface area contributed by atoms with Crippen molar-refractivity contribution in [2.24, 2.45) is 5.73 Å². The number of aromatic nitrogens is 6. The molecule has 1 aliphatic carbocycles. The van der Waals surface area contributed by atoms with Gasteiger partial charge in [-0.3, -0.25) is 9.97 Å². The molecule has 9 nitrogen and oxygen atoms in total. The number of hydrogen-bond acceptors (Lipinski definition) is 8. The second-order valence-electron chi connectivity index (χ2n) is 9.86. The van der Waals surface area contributed by atoms with Crippen molar-refractivity contribution >= 4 is 22.7 Å². The van der Waals surface area contributed by atoms with Gasteiger partial charge in [-0.05, 0) is 55.9 Å². The van der Waals surface area contributed by atoms with Crippen molar-refractivity contribution in [1.29, 1.82) is 0 Å². The number of piperidine rings is 1. The van der Waals surface area contributed by atoms with Gasteiger partial charge in [-0.25, -0.2) is 15.0 Å². The molecule has 1 aliphatic heterocycles. The molecular formula is C26H31N9. The van der Waals surface area contributed by atoms with E-state index >= 15 is 0 Å². The number of nitrogens with two attached hydrogens (primary N) is 2. The Morgan fingerprint density at radius 2 is 2.03 bits per heavy atom. The fourth-order valence-corrected chi connectivity index (χ4v) is 5.17. The summed E-state index contributed by atoms with van der Waals surface area (Å²) < 4.78 is 2.04. The summed E-state index contributed by atoms with van der Waals surface area (Å²) >= 11 is 0. The van der Waals surface area contributed by atoms with E-state index in [1.165, 1.54) is 24.7 Å². The molecule has 0 amide bonds. The molecule has 6 rings (SSSR count). The van der Waals surface area contributed by atoms with Gasteiger partial charge in [0.15, 0.2) is 11.5 Å². The van der Waals surface area contributed by atoms with Crippen LogP contribution in [0.2, 0.25) is 0 Å². The van der Waals surface area contributed by atoms with Crippen molar-refractivity contribution in [2.45, 2.75) is 57.0 Å². The zero-order valence-corrected chi connectivity index (χ0v) is 20.1. The van der Waals surface area contributed by atoms with Gasteiger partial charge in [-0.15, -0.1) is 0 Å². The third-order valence-electron chi connectivity index (χ3n) is 7.30. The van der Waals surface area contributed by atoms with E-state index in [0.717, 1.165) is 54.2 Å². The molecule has 1 atom stereocenters. The standard InChI is InChI=1S/C26H31N9/c1-2-19-5-3-6-22(33-19)26(28)9-4-10-34(14-26)21-12-29-20(17-7-8-17)11-18(21)13-35-16-32-23-24(27)30-15-31-25(23)35/h3,5-6,11-12,15-17H,2,4,7-10,13-14,28H2,1H3,(H2,27,30,31)/t26-/m1/s1. The van der Waals surface area contributed by atoms with Gasteiger partial charge in [0, 0.05) is 30.4 Å². The quantitative estimate of drug-likeness (QED) is 0.441. The molecule has 1 saturated carbocycles. The Bertz CT molecular complexity index is 1380. The highest BCUT2D eigenvalue weighted by atomic mass is 15.2. The van der Waals surface area contributed by atoms with E-state index < -0.39 is 5.54 Å². The van der Waals surface area contributed by atoms with Crippen LogP contribution in [0.3, 0.4) is 0 Å². The second kappa shape index (κ2) is 8.57. The van der Waals surface area contributed by atoms with E-state index in [4.69, 9.17) is 21.4 Å². The van der Waals surface area contributed by atoms with Crippen molar-refractivity contribution in [3.05, 3.63) is 65.8 Å². The van der Waals surface area contributed by atoms with Gasteiger partial charge in [0.05, 0.1) is 36.0 Å². The van der Waals surface area contributed by atoms with Crippen LogP contribution in [0.5, 0.6) is 0 Å². The highest BCUT2D eigenvalue weighted by Gasteiger charge is 2.36. The first-order valence-corrected chi connectivity index (χ1v) is 12.4. The van der Waals surface area contributed by atoms with E-state index in [1.54, 1.807) is 6.33 Å². The summed E-state index contributed by atoms with van der Waals surface area (Å²) in [5.41, 5.74) is 19.4. The minimum Gasteiger partial charge on any atom is -0.382 e. The molecule has 0 bridgehead atoms. The molecule has 0 spiro atoms. The molecule has 2 fully saturated rings. The fourth-order valence-electron chi connectivity index (χ4n) is 5.17. The average Bonchev–Trinajstić information content (AvgIpc) is 3.65. The molecule has 0 aromatic carbocycles. The lowest BCUT2D eigenvalue weighted by atomic mass is 9.86. The van der Waals surface area contributed by atoms with Crippen molar-refractivity contribution in [3.63, 3.8) is 0 Å². The predicted octanol–water partition coefficient (Wildman–Crippen LogP) is 3.14. The van der Waals surface area contributed by atoms with Crippen molar-refractivity contribution < 1.29 is 0 Å². The predicted molar refractivity (Wildman–Crippen MR) is 136 cm³/mol. The largest absolute Gasteiger partial charge is 0.382 e. The van der Waals surface area contributed by atoms with Gasteiger partial charge < -0.3 is 20.9 Å². The molecular weight excluding hydrogens is 438 g/mol. The lowest BCUT2D eigenvalue weighted by Crippen LogP contribution is -2.52. The summed E-state index contributed by atoms with van der Waals surface area (Å²) in [7, 11) is 0. The molecule has 9 heteroatoms. The first kappa shape index (κ1) is 21.9. The van der Waals surface area contributed by atoms with Gasteiger partial charge in [0.2, 0.25) is 0 Å². The van der Waals surface area contributed by atoms with Crippen LogP contribution in [-0.2, 0) is 18.5 Å². The van der Waals surface area contributed by atoms with Crippen LogP contribution in [0.15, 0.2) is 43.1 Å². The number of hydrogen-bond donors (Lipinski definition) is 2. The zero-order chi connectivity index (χ0) is 24.0. The fraction of sp³-hybridized carbons (Fsp3) is 0.423. The average molecular weight is 470 g/mol. The third-order valence-corrected chi connectivity index (χ3v) is 7.30. The first-order chi connectivity index (χ1) is 17.0. The normalized spacial score (nSPS) is 20.5. The molecule has 1 saturated heterocycles.